The average Bonchev–Trinajstić information content (AvgIpc) is 2.94. The lowest BCUT2D eigenvalue weighted by Crippen LogP contribution is -2.10. The first kappa shape index (κ1) is 12.2. The maximum absolute atomic E-state index is 4.44. The Labute approximate surface area is 117 Å². The van der Waals surface area contributed by atoms with Crippen LogP contribution in [0.3, 0.4) is 0 Å². The zero-order valence-corrected chi connectivity index (χ0v) is 11.7. The first-order valence-corrected chi connectivity index (χ1v) is 7.33. The molecular weight excluding hydrogens is 252 g/mol. The summed E-state index contributed by atoms with van der Waals surface area (Å²) >= 11 is 1.75. The molecule has 2 aromatic heterocycles. The van der Waals surface area contributed by atoms with Crippen molar-refractivity contribution in [1.29, 1.82) is 0 Å². The second-order valence-corrected chi connectivity index (χ2v) is 5.63. The summed E-state index contributed by atoms with van der Waals surface area (Å²) in [5.41, 5.74) is 1.35. The van der Waals surface area contributed by atoms with E-state index in [9.17, 15) is 0 Å². The van der Waals surface area contributed by atoms with Crippen molar-refractivity contribution in [2.24, 2.45) is 0 Å². The van der Waals surface area contributed by atoms with Crippen LogP contribution in [0.25, 0.3) is 10.1 Å². The van der Waals surface area contributed by atoms with Gasteiger partial charge in [-0.1, -0.05) is 37.3 Å². The number of hydrogen-bond acceptors (Lipinski definition) is 3. The van der Waals surface area contributed by atoms with Gasteiger partial charge in [0, 0.05) is 22.8 Å². The minimum Gasteiger partial charge on any atom is -0.369 e. The van der Waals surface area contributed by atoms with E-state index in [-0.39, 0.29) is 0 Å². The predicted octanol–water partition coefficient (Wildman–Crippen LogP) is 4.51. The molecule has 3 rings (SSSR count). The van der Waals surface area contributed by atoms with Crippen LogP contribution >= 0.6 is 11.3 Å². The first-order valence-electron chi connectivity index (χ1n) is 6.45. The highest BCUT2D eigenvalue weighted by atomic mass is 32.1. The summed E-state index contributed by atoms with van der Waals surface area (Å²) in [5, 5.41) is 6.79. The van der Waals surface area contributed by atoms with Gasteiger partial charge < -0.3 is 5.32 Å². The zero-order valence-electron chi connectivity index (χ0n) is 10.8. The average molecular weight is 268 g/mol. The maximum Gasteiger partial charge on any atom is 0.134 e. The molecule has 0 bridgehead atoms. The molecule has 3 heteroatoms. The van der Waals surface area contributed by atoms with E-state index in [1.807, 2.05) is 6.20 Å². The molecule has 0 aliphatic heterocycles. The number of nitrogens with zero attached hydrogens (tertiary/aromatic N) is 1. The molecule has 0 spiro atoms. The molecule has 19 heavy (non-hydrogen) atoms. The Morgan fingerprint density at radius 1 is 1.16 bits per heavy atom. The van der Waals surface area contributed by atoms with Gasteiger partial charge in [0.15, 0.2) is 0 Å². The van der Waals surface area contributed by atoms with E-state index in [4.69, 9.17) is 0 Å². The summed E-state index contributed by atoms with van der Waals surface area (Å²) in [5.74, 6) is 1.46. The third-order valence-electron chi connectivity index (χ3n) is 3.32. The van der Waals surface area contributed by atoms with Gasteiger partial charge in [-0.05, 0) is 29.0 Å². The zero-order chi connectivity index (χ0) is 13.1. The molecule has 0 saturated carbocycles. The number of aromatic nitrogens is 1. The normalized spacial score (nSPS) is 12.5. The highest BCUT2D eigenvalue weighted by molar-refractivity contribution is 7.17. The molecule has 1 aromatic carbocycles. The monoisotopic (exact) mass is 268 g/mol. The Morgan fingerprint density at radius 3 is 2.84 bits per heavy atom. The van der Waals surface area contributed by atoms with Gasteiger partial charge in [0.25, 0.3) is 0 Å². The lowest BCUT2D eigenvalue weighted by atomic mass is 10.0. The summed E-state index contributed by atoms with van der Waals surface area (Å²) in [4.78, 5) is 4.44. The number of anilines is 1. The van der Waals surface area contributed by atoms with Crippen molar-refractivity contribution in [3.63, 3.8) is 0 Å². The molecule has 2 nitrogen and oxygen atoms in total. The predicted molar refractivity (Wildman–Crippen MR) is 83.0 cm³/mol. The molecule has 2 heterocycles. The number of hydrogen-bond donors (Lipinski definition) is 1. The second kappa shape index (κ2) is 5.41. The molecule has 0 amide bonds. The summed E-state index contributed by atoms with van der Waals surface area (Å²) in [6.45, 7) is 3.13. The Kier molecular flexibility index (Phi) is 3.47. The van der Waals surface area contributed by atoms with Crippen molar-refractivity contribution in [2.45, 2.75) is 12.8 Å². The Bertz CT molecular complexity index is 661. The van der Waals surface area contributed by atoms with Gasteiger partial charge in [0.05, 0.1) is 0 Å². The molecule has 0 aliphatic carbocycles. The Morgan fingerprint density at radius 2 is 2.00 bits per heavy atom. The van der Waals surface area contributed by atoms with Crippen molar-refractivity contribution < 1.29 is 0 Å². The lowest BCUT2D eigenvalue weighted by molar-refractivity contribution is 0.802. The summed E-state index contributed by atoms with van der Waals surface area (Å²) in [6, 6.07) is 14.8. The summed E-state index contributed by atoms with van der Waals surface area (Å²) in [7, 11) is 0. The molecule has 0 saturated heterocycles. The molecule has 1 N–H and O–H groups in total. The van der Waals surface area contributed by atoms with Crippen LogP contribution in [0.2, 0.25) is 0 Å². The standard InChI is InChI=1S/C16H16N2S/c1-12(13-5-3-2-4-6-13)11-18-16-14-8-10-19-15(14)7-9-17-16/h2-10,12H,11H2,1H3,(H,17,18). The third-order valence-corrected chi connectivity index (χ3v) is 4.21. The van der Waals surface area contributed by atoms with Gasteiger partial charge in [-0.2, -0.15) is 0 Å². The van der Waals surface area contributed by atoms with E-state index in [1.165, 1.54) is 15.6 Å². The fourth-order valence-electron chi connectivity index (χ4n) is 2.18. The Hall–Kier alpha value is -1.87. The molecular formula is C16H16N2S. The minimum atomic E-state index is 0.469. The molecule has 0 radical (unpaired) electrons. The van der Waals surface area contributed by atoms with Crippen molar-refractivity contribution in [1.82, 2.24) is 4.98 Å². The molecule has 3 aromatic rings. The second-order valence-electron chi connectivity index (χ2n) is 4.68. The summed E-state index contributed by atoms with van der Waals surface area (Å²) < 4.78 is 1.28. The largest absolute Gasteiger partial charge is 0.369 e. The van der Waals surface area contributed by atoms with Crippen molar-refractivity contribution in [3.8, 4) is 0 Å². The number of nitrogens with one attached hydrogen (secondary N) is 1. The SMILES string of the molecule is CC(CNc1nccc2sccc12)c1ccccc1. The number of thiophene rings is 1. The molecule has 1 atom stereocenters. The van der Waals surface area contributed by atoms with Gasteiger partial charge in [-0.25, -0.2) is 4.98 Å². The quantitative estimate of drug-likeness (QED) is 0.753. The van der Waals surface area contributed by atoms with Crippen LogP contribution in [-0.4, -0.2) is 11.5 Å². The van der Waals surface area contributed by atoms with Crippen LogP contribution in [-0.2, 0) is 0 Å². The highest BCUT2D eigenvalue weighted by Gasteiger charge is 2.07. The van der Waals surface area contributed by atoms with Crippen LogP contribution < -0.4 is 5.32 Å². The van der Waals surface area contributed by atoms with Gasteiger partial charge in [0.1, 0.15) is 5.82 Å². The number of rotatable bonds is 4. The van der Waals surface area contributed by atoms with Crippen LogP contribution in [0.4, 0.5) is 5.82 Å². The van der Waals surface area contributed by atoms with Crippen LogP contribution in [0.5, 0.6) is 0 Å². The van der Waals surface area contributed by atoms with E-state index >= 15 is 0 Å². The van der Waals surface area contributed by atoms with Gasteiger partial charge in [-0.3, -0.25) is 0 Å². The van der Waals surface area contributed by atoms with E-state index in [1.54, 1.807) is 11.3 Å². The van der Waals surface area contributed by atoms with Gasteiger partial charge in [-0.15, -0.1) is 11.3 Å². The molecule has 1 unspecified atom stereocenters. The molecule has 0 aliphatic rings. The fourth-order valence-corrected chi connectivity index (χ4v) is 2.97. The maximum atomic E-state index is 4.44. The van der Waals surface area contributed by atoms with Crippen molar-refractivity contribution >= 4 is 27.2 Å². The Balaban J connectivity index is 1.74. The number of pyridine rings is 1. The topological polar surface area (TPSA) is 24.9 Å². The van der Waals surface area contributed by atoms with Gasteiger partial charge in [0.2, 0.25) is 0 Å². The van der Waals surface area contributed by atoms with E-state index < -0.39 is 0 Å². The van der Waals surface area contributed by atoms with E-state index in [0.717, 1.165) is 12.4 Å². The number of benzene rings is 1. The third kappa shape index (κ3) is 2.61. The number of fused-ring (bicyclic) bond motifs is 1. The molecule has 0 fully saturated rings. The summed E-state index contributed by atoms with van der Waals surface area (Å²) in [6.07, 6.45) is 1.87. The lowest BCUT2D eigenvalue weighted by Gasteiger charge is -2.13. The molecule has 96 valence electrons. The van der Waals surface area contributed by atoms with Crippen molar-refractivity contribution in [3.05, 3.63) is 59.6 Å². The van der Waals surface area contributed by atoms with Crippen LogP contribution in [0.1, 0.15) is 18.4 Å². The fraction of sp³-hybridized carbons (Fsp3) is 0.188. The van der Waals surface area contributed by atoms with Crippen LogP contribution in [0, 0.1) is 0 Å². The first-order chi connectivity index (χ1) is 9.34. The van der Waals surface area contributed by atoms with Crippen LogP contribution in [0.15, 0.2) is 54.0 Å². The van der Waals surface area contributed by atoms with E-state index in [2.05, 4.69) is 65.1 Å². The van der Waals surface area contributed by atoms with Crippen molar-refractivity contribution in [2.75, 3.05) is 11.9 Å². The minimum absolute atomic E-state index is 0.469. The van der Waals surface area contributed by atoms with Gasteiger partial charge >= 0.3 is 0 Å². The highest BCUT2D eigenvalue weighted by Crippen LogP contribution is 2.26. The van der Waals surface area contributed by atoms with E-state index in [0.29, 0.717) is 5.92 Å². The smallest absolute Gasteiger partial charge is 0.134 e.